The predicted octanol–water partition coefficient (Wildman–Crippen LogP) is 3.80. The maximum Gasteiger partial charge on any atom is 0.294 e. The van der Waals surface area contributed by atoms with Crippen molar-refractivity contribution in [3.63, 3.8) is 0 Å². The van der Waals surface area contributed by atoms with E-state index >= 15 is 0 Å². The van der Waals surface area contributed by atoms with Gasteiger partial charge in [0, 0.05) is 13.1 Å². The van der Waals surface area contributed by atoms with E-state index in [0.29, 0.717) is 37.0 Å². The number of hydrogen-bond donors (Lipinski definition) is 0. The van der Waals surface area contributed by atoms with E-state index in [1.165, 1.54) is 0 Å². The molecule has 2 aromatic carbocycles. The minimum Gasteiger partial charge on any atom is -0.490 e. The molecule has 8 heteroatoms. The molecule has 0 radical (unpaired) electrons. The van der Waals surface area contributed by atoms with E-state index in [2.05, 4.69) is 0 Å². The fourth-order valence-corrected chi connectivity index (χ4v) is 4.36. The van der Waals surface area contributed by atoms with Gasteiger partial charge in [-0.05, 0) is 60.5 Å². The van der Waals surface area contributed by atoms with Gasteiger partial charge in [-0.15, -0.1) is 0 Å². The van der Waals surface area contributed by atoms with Crippen LogP contribution >= 0.6 is 11.8 Å². The van der Waals surface area contributed by atoms with Crippen LogP contribution in [0.4, 0.5) is 4.79 Å². The highest BCUT2D eigenvalue weighted by atomic mass is 32.2. The Kier molecular flexibility index (Phi) is 7.11. The minimum absolute atomic E-state index is 0.181. The maximum atomic E-state index is 12.7. The van der Waals surface area contributed by atoms with Crippen molar-refractivity contribution in [3.05, 3.63) is 65.1 Å². The third-order valence-corrected chi connectivity index (χ3v) is 6.05. The summed E-state index contributed by atoms with van der Waals surface area (Å²) in [6, 6.07) is 16.8. The van der Waals surface area contributed by atoms with Gasteiger partial charge in [-0.3, -0.25) is 19.3 Å². The van der Waals surface area contributed by atoms with Gasteiger partial charge in [0.2, 0.25) is 5.91 Å². The Bertz CT molecular complexity index is 1020. The molecule has 0 saturated carbocycles. The van der Waals surface area contributed by atoms with E-state index in [4.69, 9.17) is 9.47 Å². The van der Waals surface area contributed by atoms with Crippen molar-refractivity contribution in [1.82, 2.24) is 9.80 Å². The number of hydrogen-bond acceptors (Lipinski definition) is 6. The molecule has 4 rings (SSSR count). The van der Waals surface area contributed by atoms with Crippen LogP contribution in [-0.4, -0.2) is 59.7 Å². The molecule has 2 aliphatic heterocycles. The summed E-state index contributed by atoms with van der Waals surface area (Å²) in [5, 5.41) is -0.417. The van der Waals surface area contributed by atoms with Crippen molar-refractivity contribution < 1.29 is 23.9 Å². The van der Waals surface area contributed by atoms with Crippen LogP contribution in [0.1, 0.15) is 18.4 Å². The number of imide groups is 1. The standard InChI is InChI=1S/C24H24N2O5S/c27-22(25-11-4-5-12-25)17-26-23(28)21(32-24(26)29)16-18-7-6-10-20(15-18)31-14-13-30-19-8-2-1-3-9-19/h1-3,6-10,15-16H,4-5,11-14,17H2/b21-16+. The fraction of sp³-hybridized carbons (Fsp3) is 0.292. The predicted molar refractivity (Wildman–Crippen MR) is 122 cm³/mol. The first-order valence-corrected chi connectivity index (χ1v) is 11.4. The van der Waals surface area contributed by atoms with E-state index < -0.39 is 11.1 Å². The van der Waals surface area contributed by atoms with E-state index in [1.54, 1.807) is 17.0 Å². The Labute approximate surface area is 191 Å². The van der Waals surface area contributed by atoms with Crippen molar-refractivity contribution in [3.8, 4) is 11.5 Å². The molecule has 2 aliphatic rings. The monoisotopic (exact) mass is 452 g/mol. The van der Waals surface area contributed by atoms with E-state index in [1.807, 2.05) is 48.5 Å². The molecule has 32 heavy (non-hydrogen) atoms. The van der Waals surface area contributed by atoms with Crippen molar-refractivity contribution >= 4 is 34.9 Å². The molecule has 0 aliphatic carbocycles. The van der Waals surface area contributed by atoms with Crippen LogP contribution in [0, 0.1) is 0 Å². The first-order valence-electron chi connectivity index (χ1n) is 10.5. The number of thioether (sulfide) groups is 1. The third-order valence-electron chi connectivity index (χ3n) is 5.15. The molecule has 0 unspecified atom stereocenters. The van der Waals surface area contributed by atoms with Gasteiger partial charge in [0.05, 0.1) is 4.91 Å². The van der Waals surface area contributed by atoms with Gasteiger partial charge < -0.3 is 14.4 Å². The summed E-state index contributed by atoms with van der Waals surface area (Å²) in [5.41, 5.74) is 0.739. The number of carbonyl (C=O) groups is 3. The van der Waals surface area contributed by atoms with Gasteiger partial charge >= 0.3 is 0 Å². The summed E-state index contributed by atoms with van der Waals surface area (Å²) in [4.78, 5) is 40.4. The first-order chi connectivity index (χ1) is 15.6. The van der Waals surface area contributed by atoms with Crippen LogP contribution < -0.4 is 9.47 Å². The van der Waals surface area contributed by atoms with Crippen molar-refractivity contribution in [1.29, 1.82) is 0 Å². The second-order valence-corrected chi connectivity index (χ2v) is 8.43. The largest absolute Gasteiger partial charge is 0.490 e. The molecule has 0 bridgehead atoms. The Hall–Kier alpha value is -3.26. The Morgan fingerprint density at radius 1 is 0.938 bits per heavy atom. The lowest BCUT2D eigenvalue weighted by molar-refractivity contribution is -0.135. The molecular weight excluding hydrogens is 428 g/mol. The summed E-state index contributed by atoms with van der Waals surface area (Å²) >= 11 is 0.853. The maximum absolute atomic E-state index is 12.7. The molecule has 166 valence electrons. The van der Waals surface area contributed by atoms with Crippen molar-refractivity contribution in [2.24, 2.45) is 0 Å². The molecule has 0 spiro atoms. The summed E-state index contributed by atoms with van der Waals surface area (Å²) in [7, 11) is 0. The first kappa shape index (κ1) is 22.0. The van der Waals surface area contributed by atoms with Gasteiger partial charge in [0.25, 0.3) is 11.1 Å². The summed E-state index contributed by atoms with van der Waals surface area (Å²) in [5.74, 6) is 0.803. The van der Waals surface area contributed by atoms with Gasteiger partial charge in [-0.25, -0.2) is 0 Å². The Morgan fingerprint density at radius 2 is 1.62 bits per heavy atom. The minimum atomic E-state index is -0.435. The molecule has 7 nitrogen and oxygen atoms in total. The lowest BCUT2D eigenvalue weighted by atomic mass is 10.2. The third kappa shape index (κ3) is 5.50. The molecule has 0 atom stereocenters. The number of ether oxygens (including phenoxy) is 2. The zero-order valence-corrected chi connectivity index (χ0v) is 18.4. The number of carbonyl (C=O) groups excluding carboxylic acids is 3. The van der Waals surface area contributed by atoms with Crippen LogP contribution in [0.15, 0.2) is 59.5 Å². The highest BCUT2D eigenvalue weighted by Gasteiger charge is 2.37. The molecule has 2 saturated heterocycles. The van der Waals surface area contributed by atoms with E-state index in [9.17, 15) is 14.4 Å². The molecule has 0 aromatic heterocycles. The molecule has 2 aromatic rings. The summed E-state index contributed by atoms with van der Waals surface area (Å²) < 4.78 is 11.4. The number of nitrogens with zero attached hydrogens (tertiary/aromatic N) is 2. The molecule has 0 N–H and O–H groups in total. The molecular formula is C24H24N2O5S. The zero-order chi connectivity index (χ0) is 22.3. The summed E-state index contributed by atoms with van der Waals surface area (Å²) in [6.07, 6.45) is 3.58. The van der Waals surface area contributed by atoms with Crippen molar-refractivity contribution in [2.75, 3.05) is 32.8 Å². The van der Waals surface area contributed by atoms with Gasteiger partial charge in [-0.2, -0.15) is 0 Å². The number of likely N-dealkylation sites (tertiary alicyclic amines) is 1. The normalized spacial score (nSPS) is 17.3. The number of amides is 3. The SMILES string of the molecule is O=C(CN1C(=O)S/C(=C/c2cccc(OCCOc3ccccc3)c2)C1=O)N1CCCC1. The van der Waals surface area contributed by atoms with Crippen LogP contribution in [0.25, 0.3) is 6.08 Å². The quantitative estimate of drug-likeness (QED) is 0.448. The average molecular weight is 453 g/mol. The number of para-hydroxylation sites is 1. The number of rotatable bonds is 8. The topological polar surface area (TPSA) is 76.1 Å². The molecule has 3 amide bonds. The van der Waals surface area contributed by atoms with Crippen LogP contribution in [0.2, 0.25) is 0 Å². The van der Waals surface area contributed by atoms with Gasteiger partial charge in [0.1, 0.15) is 31.3 Å². The molecule has 2 fully saturated rings. The Balaban J connectivity index is 1.33. The highest BCUT2D eigenvalue weighted by molar-refractivity contribution is 8.18. The average Bonchev–Trinajstić information content (AvgIpc) is 3.43. The van der Waals surface area contributed by atoms with Gasteiger partial charge in [-0.1, -0.05) is 30.3 Å². The Morgan fingerprint density at radius 3 is 2.38 bits per heavy atom. The lowest BCUT2D eigenvalue weighted by Crippen LogP contribution is -2.40. The van der Waals surface area contributed by atoms with E-state index in [0.717, 1.165) is 40.8 Å². The zero-order valence-electron chi connectivity index (χ0n) is 17.6. The molecule has 2 heterocycles. The van der Waals surface area contributed by atoms with E-state index in [-0.39, 0.29) is 12.5 Å². The van der Waals surface area contributed by atoms with Crippen LogP contribution in [0.5, 0.6) is 11.5 Å². The summed E-state index contributed by atoms with van der Waals surface area (Å²) in [6.45, 7) is 1.94. The lowest BCUT2D eigenvalue weighted by Gasteiger charge is -2.18. The van der Waals surface area contributed by atoms with Crippen molar-refractivity contribution in [2.45, 2.75) is 12.8 Å². The highest BCUT2D eigenvalue weighted by Crippen LogP contribution is 2.32. The number of benzene rings is 2. The second-order valence-electron chi connectivity index (χ2n) is 7.44. The smallest absolute Gasteiger partial charge is 0.294 e. The van der Waals surface area contributed by atoms with Crippen LogP contribution in [0.3, 0.4) is 0 Å². The second kappa shape index (κ2) is 10.4. The van der Waals surface area contributed by atoms with Gasteiger partial charge in [0.15, 0.2) is 0 Å². The fourth-order valence-electron chi connectivity index (χ4n) is 3.52. The van der Waals surface area contributed by atoms with Crippen LogP contribution in [-0.2, 0) is 9.59 Å².